The van der Waals surface area contributed by atoms with Gasteiger partial charge in [0.25, 0.3) is 0 Å². The SMILES string of the molecule is NC(=O)C1CCCN(C(=O)CN2CCCC(NS(=O)(=O)c3ccc(N)c(Cl)c3)C2=O)C1. The van der Waals surface area contributed by atoms with Crippen molar-refractivity contribution in [3.63, 3.8) is 0 Å². The van der Waals surface area contributed by atoms with E-state index in [-0.39, 0.29) is 40.5 Å². The lowest BCUT2D eigenvalue weighted by Gasteiger charge is -2.36. The van der Waals surface area contributed by atoms with Gasteiger partial charge in [-0.3, -0.25) is 14.4 Å². The lowest BCUT2D eigenvalue weighted by molar-refractivity contribution is -0.144. The summed E-state index contributed by atoms with van der Waals surface area (Å²) in [6.07, 6.45) is 2.16. The van der Waals surface area contributed by atoms with Crippen molar-refractivity contribution in [3.05, 3.63) is 23.2 Å². The molecule has 2 fully saturated rings. The quantitative estimate of drug-likeness (QED) is 0.492. The summed E-state index contributed by atoms with van der Waals surface area (Å²) in [6.45, 7) is 0.919. The van der Waals surface area contributed by atoms with Crippen LogP contribution in [-0.2, 0) is 24.4 Å². The molecule has 2 heterocycles. The Labute approximate surface area is 185 Å². The van der Waals surface area contributed by atoms with Crippen molar-refractivity contribution in [1.82, 2.24) is 14.5 Å². The molecule has 0 spiro atoms. The molecule has 12 heteroatoms. The average Bonchev–Trinajstić information content (AvgIpc) is 2.72. The van der Waals surface area contributed by atoms with Gasteiger partial charge >= 0.3 is 0 Å². The normalized spacial score (nSPS) is 22.4. The molecular weight excluding hydrogens is 446 g/mol. The fraction of sp³-hybridized carbons (Fsp3) is 0.526. The number of nitrogen functional groups attached to an aromatic ring is 1. The largest absolute Gasteiger partial charge is 0.398 e. The Morgan fingerprint density at radius 1 is 1.19 bits per heavy atom. The topological polar surface area (TPSA) is 156 Å². The Hall–Kier alpha value is -2.37. The van der Waals surface area contributed by atoms with Gasteiger partial charge in [-0.2, -0.15) is 4.72 Å². The van der Waals surface area contributed by atoms with Crippen molar-refractivity contribution < 1.29 is 22.8 Å². The van der Waals surface area contributed by atoms with Crippen LogP contribution in [0.25, 0.3) is 0 Å². The van der Waals surface area contributed by atoms with E-state index in [0.717, 1.165) is 0 Å². The molecule has 5 N–H and O–H groups in total. The van der Waals surface area contributed by atoms with Gasteiger partial charge in [-0.05, 0) is 43.9 Å². The van der Waals surface area contributed by atoms with Crippen molar-refractivity contribution >= 4 is 45.0 Å². The van der Waals surface area contributed by atoms with Crippen molar-refractivity contribution in [2.75, 3.05) is 31.9 Å². The summed E-state index contributed by atoms with van der Waals surface area (Å²) >= 11 is 5.91. The highest BCUT2D eigenvalue weighted by Gasteiger charge is 2.35. The number of amides is 3. The van der Waals surface area contributed by atoms with Crippen LogP contribution in [-0.4, -0.2) is 68.2 Å². The van der Waals surface area contributed by atoms with Crippen molar-refractivity contribution in [3.8, 4) is 0 Å². The summed E-state index contributed by atoms with van der Waals surface area (Å²) in [4.78, 5) is 39.8. The van der Waals surface area contributed by atoms with Gasteiger partial charge in [0, 0.05) is 19.6 Å². The number of nitrogens with one attached hydrogen (secondary N) is 1. The van der Waals surface area contributed by atoms with Crippen LogP contribution < -0.4 is 16.2 Å². The molecule has 170 valence electrons. The Bertz CT molecular complexity index is 986. The number of rotatable bonds is 6. The minimum Gasteiger partial charge on any atom is -0.398 e. The highest BCUT2D eigenvalue weighted by atomic mass is 35.5. The van der Waals surface area contributed by atoms with Gasteiger partial charge in [0.2, 0.25) is 27.7 Å². The van der Waals surface area contributed by atoms with Crippen LogP contribution in [0.4, 0.5) is 5.69 Å². The number of likely N-dealkylation sites (tertiary alicyclic amines) is 2. The van der Waals surface area contributed by atoms with E-state index in [0.29, 0.717) is 38.8 Å². The molecule has 2 aliphatic rings. The molecule has 2 aliphatic heterocycles. The summed E-state index contributed by atoms with van der Waals surface area (Å²) in [5, 5.41) is 0.0980. The van der Waals surface area contributed by atoms with Crippen LogP contribution in [0.2, 0.25) is 5.02 Å². The first-order valence-corrected chi connectivity index (χ1v) is 11.9. The molecule has 31 heavy (non-hydrogen) atoms. The third kappa shape index (κ3) is 5.46. The Morgan fingerprint density at radius 3 is 2.58 bits per heavy atom. The van der Waals surface area contributed by atoms with Crippen LogP contribution in [0.3, 0.4) is 0 Å². The third-order valence-electron chi connectivity index (χ3n) is 5.61. The van der Waals surface area contributed by atoms with E-state index in [2.05, 4.69) is 4.72 Å². The second-order valence-corrected chi connectivity index (χ2v) is 9.96. The first kappa shape index (κ1) is 23.3. The van der Waals surface area contributed by atoms with Gasteiger partial charge in [0.1, 0.15) is 6.04 Å². The fourth-order valence-corrected chi connectivity index (χ4v) is 5.33. The van der Waals surface area contributed by atoms with Crippen LogP contribution in [0.1, 0.15) is 25.7 Å². The second kappa shape index (κ2) is 9.41. The molecule has 3 amide bonds. The van der Waals surface area contributed by atoms with Gasteiger partial charge in [-0.15, -0.1) is 0 Å². The number of anilines is 1. The van der Waals surface area contributed by atoms with E-state index >= 15 is 0 Å². The summed E-state index contributed by atoms with van der Waals surface area (Å²) in [5.41, 5.74) is 11.2. The van der Waals surface area contributed by atoms with Crippen molar-refractivity contribution in [2.24, 2.45) is 11.7 Å². The number of carbonyl (C=O) groups excluding carboxylic acids is 3. The van der Waals surface area contributed by atoms with Gasteiger partial charge in [-0.25, -0.2) is 8.42 Å². The van der Waals surface area contributed by atoms with E-state index in [1.807, 2.05) is 0 Å². The number of nitrogens with two attached hydrogens (primary N) is 2. The molecule has 0 saturated carbocycles. The molecule has 0 radical (unpaired) electrons. The van der Waals surface area contributed by atoms with Gasteiger partial charge in [-0.1, -0.05) is 11.6 Å². The molecule has 3 rings (SSSR count). The number of sulfonamides is 1. The first-order valence-electron chi connectivity index (χ1n) is 10.0. The summed E-state index contributed by atoms with van der Waals surface area (Å²) in [7, 11) is -4.01. The molecule has 0 aromatic heterocycles. The Morgan fingerprint density at radius 2 is 1.90 bits per heavy atom. The van der Waals surface area contributed by atoms with E-state index in [1.165, 1.54) is 28.0 Å². The summed E-state index contributed by atoms with van der Waals surface area (Å²) in [6, 6.07) is 2.92. The number of hydrogen-bond acceptors (Lipinski definition) is 6. The van der Waals surface area contributed by atoms with E-state index in [1.54, 1.807) is 0 Å². The van der Waals surface area contributed by atoms with Crippen molar-refractivity contribution in [1.29, 1.82) is 0 Å². The van der Waals surface area contributed by atoms with Gasteiger partial charge in [0.05, 0.1) is 28.1 Å². The zero-order valence-corrected chi connectivity index (χ0v) is 18.5. The Balaban J connectivity index is 1.65. The maximum Gasteiger partial charge on any atom is 0.242 e. The van der Waals surface area contributed by atoms with Crippen LogP contribution in [0, 0.1) is 5.92 Å². The molecule has 1 aromatic carbocycles. The highest BCUT2D eigenvalue weighted by Crippen LogP contribution is 2.23. The maximum absolute atomic E-state index is 12.9. The van der Waals surface area contributed by atoms with Gasteiger partial charge < -0.3 is 21.3 Å². The molecule has 1 aromatic rings. The summed E-state index contributed by atoms with van der Waals surface area (Å²) in [5.74, 6) is -1.58. The van der Waals surface area contributed by atoms with Crippen LogP contribution in [0.15, 0.2) is 23.1 Å². The molecule has 0 bridgehead atoms. The molecule has 2 atom stereocenters. The maximum atomic E-state index is 12.9. The fourth-order valence-electron chi connectivity index (χ4n) is 3.84. The predicted molar refractivity (Wildman–Crippen MR) is 114 cm³/mol. The van der Waals surface area contributed by atoms with Crippen LogP contribution >= 0.6 is 11.6 Å². The van der Waals surface area contributed by atoms with Gasteiger partial charge in [0.15, 0.2) is 0 Å². The average molecular weight is 472 g/mol. The number of hydrogen-bond donors (Lipinski definition) is 3. The number of benzene rings is 1. The lowest BCUT2D eigenvalue weighted by atomic mass is 9.97. The minimum atomic E-state index is -4.01. The molecule has 2 saturated heterocycles. The number of nitrogens with zero attached hydrogens (tertiary/aromatic N) is 2. The van der Waals surface area contributed by atoms with Crippen LogP contribution in [0.5, 0.6) is 0 Å². The minimum absolute atomic E-state index is 0.0980. The zero-order valence-electron chi connectivity index (χ0n) is 16.9. The lowest BCUT2D eigenvalue weighted by Crippen LogP contribution is -2.55. The third-order valence-corrected chi connectivity index (χ3v) is 7.41. The molecule has 0 aliphatic carbocycles. The number of halogens is 1. The Kier molecular flexibility index (Phi) is 7.07. The molecule has 2 unspecified atom stereocenters. The zero-order chi connectivity index (χ0) is 22.8. The predicted octanol–water partition coefficient (Wildman–Crippen LogP) is -0.0846. The monoisotopic (exact) mass is 471 g/mol. The molecule has 10 nitrogen and oxygen atoms in total. The van der Waals surface area contributed by atoms with Crippen molar-refractivity contribution in [2.45, 2.75) is 36.6 Å². The second-order valence-electron chi connectivity index (χ2n) is 7.84. The summed E-state index contributed by atoms with van der Waals surface area (Å²) < 4.78 is 27.8. The smallest absolute Gasteiger partial charge is 0.242 e. The number of primary amides is 1. The van der Waals surface area contributed by atoms with E-state index < -0.39 is 27.9 Å². The number of carbonyl (C=O) groups is 3. The first-order chi connectivity index (χ1) is 14.6. The van der Waals surface area contributed by atoms with E-state index in [9.17, 15) is 22.8 Å². The standard InChI is InChI=1S/C19H26ClN5O5S/c20-14-9-13(5-6-15(14)21)31(29,30)23-16-4-2-8-25(19(16)28)11-17(26)24-7-1-3-12(10-24)18(22)27/h5-6,9,12,16,23H,1-4,7-8,10-11,21H2,(H2,22,27). The molecular formula is C19H26ClN5O5S. The van der Waals surface area contributed by atoms with E-state index in [4.69, 9.17) is 23.1 Å². The number of piperidine rings is 2. The highest BCUT2D eigenvalue weighted by molar-refractivity contribution is 7.89.